The summed E-state index contributed by atoms with van der Waals surface area (Å²) in [5, 5.41) is 23.5. The van der Waals surface area contributed by atoms with E-state index in [1.165, 1.54) is 18.2 Å². The van der Waals surface area contributed by atoms with E-state index in [1.807, 2.05) is 4.90 Å². The first-order valence-corrected chi connectivity index (χ1v) is 6.51. The molecule has 7 heteroatoms. The number of nitrogens with zero attached hydrogens (tertiary/aromatic N) is 2. The maximum atomic E-state index is 11.6. The minimum atomic E-state index is -0.979. The Morgan fingerprint density at radius 2 is 2.20 bits per heavy atom. The van der Waals surface area contributed by atoms with Gasteiger partial charge in [-0.3, -0.25) is 19.8 Å². The van der Waals surface area contributed by atoms with Crippen LogP contribution in [0.15, 0.2) is 24.3 Å². The van der Waals surface area contributed by atoms with E-state index < -0.39 is 16.9 Å². The summed E-state index contributed by atoms with van der Waals surface area (Å²) in [5.41, 5.74) is 0.371. The molecule has 1 fully saturated rings. The minimum absolute atomic E-state index is 0.0818. The quantitative estimate of drug-likeness (QED) is 0.631. The van der Waals surface area contributed by atoms with Crippen molar-refractivity contribution in [3.8, 4) is 0 Å². The van der Waals surface area contributed by atoms with Gasteiger partial charge in [-0.1, -0.05) is 12.1 Å². The Labute approximate surface area is 116 Å². The van der Waals surface area contributed by atoms with Gasteiger partial charge in [0.1, 0.15) is 6.04 Å². The molecule has 0 aliphatic carbocycles. The first-order valence-electron chi connectivity index (χ1n) is 6.51. The lowest BCUT2D eigenvalue weighted by Crippen LogP contribution is -2.36. The van der Waals surface area contributed by atoms with Gasteiger partial charge in [-0.15, -0.1) is 0 Å². The van der Waals surface area contributed by atoms with Crippen LogP contribution >= 0.6 is 0 Å². The number of non-ortho nitro benzene ring substituents is 1. The summed E-state index contributed by atoms with van der Waals surface area (Å²) >= 11 is 0. The van der Waals surface area contributed by atoms with Crippen molar-refractivity contribution >= 4 is 11.7 Å². The van der Waals surface area contributed by atoms with Crippen molar-refractivity contribution in [2.24, 2.45) is 0 Å². The molecule has 0 radical (unpaired) electrons. The molecule has 0 amide bonds. The van der Waals surface area contributed by atoms with E-state index in [1.54, 1.807) is 6.07 Å². The van der Waals surface area contributed by atoms with Crippen molar-refractivity contribution in [2.45, 2.75) is 12.5 Å². The summed E-state index contributed by atoms with van der Waals surface area (Å²) in [6.45, 7) is 2.85. The molecule has 1 atom stereocenters. The first kappa shape index (κ1) is 14.4. The SMILES string of the molecule is O=C(O)C(c1cccc([N+](=O)[O-])c1)N1CCCNCC1. The van der Waals surface area contributed by atoms with Crippen molar-refractivity contribution < 1.29 is 14.8 Å². The van der Waals surface area contributed by atoms with Gasteiger partial charge in [-0.05, 0) is 18.5 Å². The average molecular weight is 279 g/mol. The van der Waals surface area contributed by atoms with Crippen LogP contribution in [0, 0.1) is 10.1 Å². The van der Waals surface area contributed by atoms with Gasteiger partial charge in [0.2, 0.25) is 0 Å². The molecule has 2 rings (SSSR count). The lowest BCUT2D eigenvalue weighted by atomic mass is 10.0. The number of hydrogen-bond donors (Lipinski definition) is 2. The monoisotopic (exact) mass is 279 g/mol. The van der Waals surface area contributed by atoms with E-state index in [-0.39, 0.29) is 5.69 Å². The molecule has 1 aromatic carbocycles. The summed E-state index contributed by atoms with van der Waals surface area (Å²) in [7, 11) is 0. The van der Waals surface area contributed by atoms with Gasteiger partial charge in [0.15, 0.2) is 0 Å². The Kier molecular flexibility index (Phi) is 4.65. The van der Waals surface area contributed by atoms with E-state index in [4.69, 9.17) is 0 Å². The number of hydrogen-bond acceptors (Lipinski definition) is 5. The van der Waals surface area contributed by atoms with Crippen LogP contribution in [0.2, 0.25) is 0 Å². The van der Waals surface area contributed by atoms with Gasteiger partial charge in [0, 0.05) is 31.8 Å². The maximum Gasteiger partial charge on any atom is 0.325 e. The van der Waals surface area contributed by atoms with Crippen molar-refractivity contribution in [1.82, 2.24) is 10.2 Å². The minimum Gasteiger partial charge on any atom is -0.480 e. The maximum absolute atomic E-state index is 11.6. The van der Waals surface area contributed by atoms with Crippen LogP contribution < -0.4 is 5.32 Å². The number of carboxylic acids is 1. The standard InChI is InChI=1S/C13H17N3O4/c17-13(18)12(15-7-2-5-14-6-8-15)10-3-1-4-11(9-10)16(19)20/h1,3-4,9,12,14H,2,5-8H2,(H,17,18). The Morgan fingerprint density at radius 1 is 1.40 bits per heavy atom. The number of carbonyl (C=O) groups is 1. The molecule has 0 aromatic heterocycles. The number of aliphatic carboxylic acids is 1. The van der Waals surface area contributed by atoms with Gasteiger partial charge in [0.05, 0.1) is 4.92 Å². The number of rotatable bonds is 4. The molecule has 2 N–H and O–H groups in total. The molecule has 0 saturated carbocycles. The molecule has 1 aliphatic heterocycles. The molecular formula is C13H17N3O4. The smallest absolute Gasteiger partial charge is 0.325 e. The summed E-state index contributed by atoms with van der Waals surface area (Å²) in [6, 6.07) is 5.03. The van der Waals surface area contributed by atoms with Crippen LogP contribution in [-0.4, -0.2) is 47.1 Å². The molecule has 1 aliphatic rings. The van der Waals surface area contributed by atoms with E-state index in [9.17, 15) is 20.0 Å². The Balaban J connectivity index is 2.30. The highest BCUT2D eigenvalue weighted by molar-refractivity contribution is 5.76. The largest absolute Gasteiger partial charge is 0.480 e. The Bertz CT molecular complexity index is 498. The molecule has 20 heavy (non-hydrogen) atoms. The van der Waals surface area contributed by atoms with Crippen LogP contribution in [0.25, 0.3) is 0 Å². The average Bonchev–Trinajstić information content (AvgIpc) is 2.68. The van der Waals surface area contributed by atoms with Gasteiger partial charge >= 0.3 is 5.97 Å². The molecule has 1 saturated heterocycles. The molecule has 1 aromatic rings. The number of benzene rings is 1. The summed E-state index contributed by atoms with van der Waals surface area (Å²) < 4.78 is 0. The summed E-state index contributed by atoms with van der Waals surface area (Å²) in [5.74, 6) is -0.979. The lowest BCUT2D eigenvalue weighted by molar-refractivity contribution is -0.384. The second-order valence-electron chi connectivity index (χ2n) is 4.73. The molecule has 1 heterocycles. The molecule has 7 nitrogen and oxygen atoms in total. The van der Waals surface area contributed by atoms with Gasteiger partial charge < -0.3 is 10.4 Å². The molecule has 108 valence electrons. The molecule has 1 unspecified atom stereocenters. The number of nitrogens with one attached hydrogen (secondary N) is 1. The molecule has 0 spiro atoms. The van der Waals surface area contributed by atoms with Crippen LogP contribution in [0.3, 0.4) is 0 Å². The second kappa shape index (κ2) is 6.44. The number of nitro benzene ring substituents is 1. The third-order valence-electron chi connectivity index (χ3n) is 3.37. The zero-order chi connectivity index (χ0) is 14.5. The van der Waals surface area contributed by atoms with Crippen molar-refractivity contribution in [3.05, 3.63) is 39.9 Å². The van der Waals surface area contributed by atoms with E-state index >= 15 is 0 Å². The summed E-state index contributed by atoms with van der Waals surface area (Å²) in [6.07, 6.45) is 0.860. The van der Waals surface area contributed by atoms with Crippen molar-refractivity contribution in [3.63, 3.8) is 0 Å². The van der Waals surface area contributed by atoms with Gasteiger partial charge in [-0.25, -0.2) is 0 Å². The first-order chi connectivity index (χ1) is 9.59. The van der Waals surface area contributed by atoms with Gasteiger partial charge in [-0.2, -0.15) is 0 Å². The Morgan fingerprint density at radius 3 is 2.90 bits per heavy atom. The third-order valence-corrected chi connectivity index (χ3v) is 3.37. The normalized spacial score (nSPS) is 18.2. The number of carboxylic acid groups (broad SMARTS) is 1. The fourth-order valence-electron chi connectivity index (χ4n) is 2.44. The van der Waals surface area contributed by atoms with Gasteiger partial charge in [0.25, 0.3) is 5.69 Å². The van der Waals surface area contributed by atoms with Crippen LogP contribution in [0.5, 0.6) is 0 Å². The van der Waals surface area contributed by atoms with Crippen molar-refractivity contribution in [1.29, 1.82) is 0 Å². The highest BCUT2D eigenvalue weighted by atomic mass is 16.6. The van der Waals surface area contributed by atoms with Crippen LogP contribution in [0.4, 0.5) is 5.69 Å². The van der Waals surface area contributed by atoms with E-state index in [0.717, 1.165) is 19.5 Å². The lowest BCUT2D eigenvalue weighted by Gasteiger charge is -2.27. The summed E-state index contributed by atoms with van der Waals surface area (Å²) in [4.78, 5) is 23.7. The van der Waals surface area contributed by atoms with Crippen molar-refractivity contribution in [2.75, 3.05) is 26.2 Å². The van der Waals surface area contributed by atoms with Crippen LogP contribution in [-0.2, 0) is 4.79 Å². The highest BCUT2D eigenvalue weighted by Gasteiger charge is 2.28. The highest BCUT2D eigenvalue weighted by Crippen LogP contribution is 2.25. The van der Waals surface area contributed by atoms with Crippen LogP contribution in [0.1, 0.15) is 18.0 Å². The molecular weight excluding hydrogens is 262 g/mol. The zero-order valence-electron chi connectivity index (χ0n) is 11.0. The topological polar surface area (TPSA) is 95.7 Å². The fraction of sp³-hybridized carbons (Fsp3) is 0.462. The fourth-order valence-corrected chi connectivity index (χ4v) is 2.44. The third kappa shape index (κ3) is 3.31. The second-order valence-corrected chi connectivity index (χ2v) is 4.73. The van der Waals surface area contributed by atoms with E-state index in [2.05, 4.69) is 5.32 Å². The zero-order valence-corrected chi connectivity index (χ0v) is 11.0. The molecule has 0 bridgehead atoms. The predicted octanol–water partition coefficient (Wildman–Crippen LogP) is 1.02. The number of nitro groups is 1. The predicted molar refractivity (Wildman–Crippen MR) is 72.5 cm³/mol. The van der Waals surface area contributed by atoms with E-state index in [0.29, 0.717) is 18.7 Å². The Hall–Kier alpha value is -1.99.